The predicted octanol–water partition coefficient (Wildman–Crippen LogP) is 2.86. The fourth-order valence-electron chi connectivity index (χ4n) is 2.33. The number of benzene rings is 2. The molecule has 0 aliphatic rings. The number of amides is 1. The third-order valence-corrected chi connectivity index (χ3v) is 3.33. The summed E-state index contributed by atoms with van der Waals surface area (Å²) in [5, 5.41) is 11.2. The first kappa shape index (κ1) is 16.9. The number of ether oxygens (including phenoxy) is 1. The van der Waals surface area contributed by atoms with Gasteiger partial charge in [-0.15, -0.1) is 0 Å². The van der Waals surface area contributed by atoms with Crippen LogP contribution in [0.2, 0.25) is 0 Å². The second-order valence-electron chi connectivity index (χ2n) is 4.89. The van der Waals surface area contributed by atoms with Crippen LogP contribution in [-0.2, 0) is 11.2 Å². The number of anilines is 1. The van der Waals surface area contributed by atoms with Crippen LogP contribution in [0.3, 0.4) is 0 Å². The number of nitrogens with one attached hydrogen (secondary N) is 1. The van der Waals surface area contributed by atoms with Gasteiger partial charge in [0.2, 0.25) is 5.78 Å². The number of nitrogens with zero attached hydrogens (tertiary/aromatic N) is 2. The minimum Gasteiger partial charge on any atom is -0.496 e. The van der Waals surface area contributed by atoms with E-state index in [0.29, 0.717) is 17.0 Å². The van der Waals surface area contributed by atoms with Crippen LogP contribution < -0.4 is 10.1 Å². The van der Waals surface area contributed by atoms with Crippen LogP contribution in [0.25, 0.3) is 16.7 Å². The van der Waals surface area contributed by atoms with Crippen LogP contribution in [0.4, 0.5) is 10.5 Å². The first-order chi connectivity index (χ1) is 11.5. The van der Waals surface area contributed by atoms with Gasteiger partial charge in [0.05, 0.1) is 7.11 Å². The normalized spacial score (nSPS) is 9.71. The third-order valence-electron chi connectivity index (χ3n) is 3.33. The molecule has 0 aliphatic carbocycles. The molecule has 2 aromatic carbocycles. The molecule has 0 aliphatic heterocycles. The zero-order valence-corrected chi connectivity index (χ0v) is 12.9. The SMILES string of the molecule is COc1ccccc1-c1ccc(NC(=O)O)c(CC(=O)C=[N+]=[N-])c1. The second kappa shape index (κ2) is 7.71. The molecule has 0 aromatic heterocycles. The maximum atomic E-state index is 11.7. The molecule has 122 valence electrons. The van der Waals surface area contributed by atoms with E-state index in [1.54, 1.807) is 25.3 Å². The number of carbonyl (C=O) groups is 2. The minimum atomic E-state index is -1.23. The van der Waals surface area contributed by atoms with Gasteiger partial charge in [0.15, 0.2) is 0 Å². The molecule has 0 unspecified atom stereocenters. The van der Waals surface area contributed by atoms with E-state index < -0.39 is 11.9 Å². The highest BCUT2D eigenvalue weighted by Crippen LogP contribution is 2.32. The molecule has 0 saturated heterocycles. The zero-order valence-electron chi connectivity index (χ0n) is 12.9. The van der Waals surface area contributed by atoms with E-state index in [1.807, 2.05) is 24.3 Å². The van der Waals surface area contributed by atoms with Crippen molar-refractivity contribution in [1.29, 1.82) is 0 Å². The summed E-state index contributed by atoms with van der Waals surface area (Å²) in [7, 11) is 1.56. The van der Waals surface area contributed by atoms with Gasteiger partial charge in [0.1, 0.15) is 5.75 Å². The Hall–Kier alpha value is -3.44. The second-order valence-corrected chi connectivity index (χ2v) is 4.89. The van der Waals surface area contributed by atoms with Crippen LogP contribution >= 0.6 is 0 Å². The van der Waals surface area contributed by atoms with Crippen molar-refractivity contribution in [2.75, 3.05) is 12.4 Å². The van der Waals surface area contributed by atoms with E-state index in [2.05, 4.69) is 10.1 Å². The molecule has 1 amide bonds. The molecule has 2 N–H and O–H groups in total. The molecule has 0 heterocycles. The maximum absolute atomic E-state index is 11.7. The molecule has 7 heteroatoms. The Morgan fingerprint density at radius 2 is 2.04 bits per heavy atom. The van der Waals surface area contributed by atoms with E-state index in [1.165, 1.54) is 0 Å². The van der Waals surface area contributed by atoms with Crippen LogP contribution in [-0.4, -0.2) is 35.1 Å². The number of rotatable bonds is 6. The summed E-state index contributed by atoms with van der Waals surface area (Å²) in [4.78, 5) is 25.3. The molecular weight excluding hydrogens is 310 g/mol. The topological polar surface area (TPSA) is 112 Å². The van der Waals surface area contributed by atoms with Crippen LogP contribution in [0.1, 0.15) is 5.56 Å². The van der Waals surface area contributed by atoms with Gasteiger partial charge in [-0.25, -0.2) is 4.79 Å². The minimum absolute atomic E-state index is 0.108. The molecule has 2 rings (SSSR count). The van der Waals surface area contributed by atoms with Crippen molar-refractivity contribution in [1.82, 2.24) is 0 Å². The summed E-state index contributed by atoms with van der Waals surface area (Å²) in [6.07, 6.45) is -0.562. The smallest absolute Gasteiger partial charge is 0.409 e. The van der Waals surface area contributed by atoms with Crippen molar-refractivity contribution in [3.8, 4) is 16.9 Å². The summed E-state index contributed by atoms with van der Waals surface area (Å²) in [6, 6.07) is 12.4. The maximum Gasteiger partial charge on any atom is 0.409 e. The van der Waals surface area contributed by atoms with Crippen LogP contribution in [0.5, 0.6) is 5.75 Å². The van der Waals surface area contributed by atoms with Gasteiger partial charge in [0.25, 0.3) is 0 Å². The largest absolute Gasteiger partial charge is 0.496 e. The first-order valence-electron chi connectivity index (χ1n) is 7.01. The molecular formula is C17H15N3O4. The summed E-state index contributed by atoms with van der Waals surface area (Å²) in [6.45, 7) is 0. The van der Waals surface area contributed by atoms with E-state index in [0.717, 1.165) is 17.3 Å². The Labute approximate surface area is 138 Å². The van der Waals surface area contributed by atoms with Gasteiger partial charge in [-0.3, -0.25) is 10.1 Å². The lowest BCUT2D eigenvalue weighted by molar-refractivity contribution is -0.115. The molecule has 2 aromatic rings. The lowest BCUT2D eigenvalue weighted by Gasteiger charge is -2.12. The molecule has 0 saturated carbocycles. The number of carbonyl (C=O) groups excluding carboxylic acids is 1. The molecule has 0 fully saturated rings. The molecule has 0 radical (unpaired) electrons. The first-order valence-corrected chi connectivity index (χ1v) is 7.01. The summed E-state index contributed by atoms with van der Waals surface area (Å²) < 4.78 is 5.32. The average Bonchev–Trinajstić information content (AvgIpc) is 2.56. The number of methoxy groups -OCH3 is 1. The van der Waals surface area contributed by atoms with Crippen molar-refractivity contribution < 1.29 is 24.2 Å². The van der Waals surface area contributed by atoms with Gasteiger partial charge in [-0.2, -0.15) is 4.79 Å². The van der Waals surface area contributed by atoms with Crippen molar-refractivity contribution in [3.63, 3.8) is 0 Å². The third kappa shape index (κ3) is 4.06. The monoisotopic (exact) mass is 325 g/mol. The Bertz CT molecular complexity index is 826. The highest BCUT2D eigenvalue weighted by molar-refractivity contribution is 6.26. The quantitative estimate of drug-likeness (QED) is 0.483. The highest BCUT2D eigenvalue weighted by atomic mass is 16.5. The lowest BCUT2D eigenvalue weighted by atomic mass is 9.98. The van der Waals surface area contributed by atoms with Crippen molar-refractivity contribution in [3.05, 3.63) is 53.6 Å². The van der Waals surface area contributed by atoms with Gasteiger partial charge in [-0.1, -0.05) is 24.3 Å². The predicted molar refractivity (Wildman–Crippen MR) is 88.5 cm³/mol. The summed E-state index contributed by atoms with van der Waals surface area (Å²) in [5.74, 6) is 0.203. The molecule has 24 heavy (non-hydrogen) atoms. The van der Waals surface area contributed by atoms with E-state index in [9.17, 15) is 9.59 Å². The lowest BCUT2D eigenvalue weighted by Crippen LogP contribution is -2.12. The fourth-order valence-corrected chi connectivity index (χ4v) is 2.33. The van der Waals surface area contributed by atoms with Crippen LogP contribution in [0.15, 0.2) is 42.5 Å². The Balaban J connectivity index is 2.50. The zero-order chi connectivity index (χ0) is 17.5. The number of hydrogen-bond donors (Lipinski definition) is 2. The van der Waals surface area contributed by atoms with Gasteiger partial charge >= 0.3 is 12.3 Å². The number of hydrogen-bond acceptors (Lipinski definition) is 3. The Morgan fingerprint density at radius 1 is 1.29 bits per heavy atom. The van der Waals surface area contributed by atoms with Crippen LogP contribution in [0, 0.1) is 0 Å². The van der Waals surface area contributed by atoms with Gasteiger partial charge in [0, 0.05) is 17.7 Å². The standard InChI is InChI=1S/C17H15N3O4/c1-24-16-5-3-2-4-14(16)11-6-7-15(20-17(22)23)12(8-11)9-13(21)10-19-18/h2-8,10,20H,9H2,1H3,(H,22,23). The highest BCUT2D eigenvalue weighted by Gasteiger charge is 2.14. The van der Waals surface area contributed by atoms with Crippen molar-refractivity contribution in [2.45, 2.75) is 6.42 Å². The van der Waals surface area contributed by atoms with E-state index in [4.69, 9.17) is 15.4 Å². The summed E-state index contributed by atoms with van der Waals surface area (Å²) >= 11 is 0. The van der Waals surface area contributed by atoms with E-state index >= 15 is 0 Å². The number of carboxylic acid groups (broad SMARTS) is 1. The number of para-hydroxylation sites is 1. The van der Waals surface area contributed by atoms with Gasteiger partial charge in [-0.05, 0) is 29.3 Å². The number of Topliss-reactive ketones (excluding diaryl/α,β-unsaturated/α-hetero) is 1. The fraction of sp³-hybridized carbons (Fsp3) is 0.118. The van der Waals surface area contributed by atoms with E-state index in [-0.39, 0.29) is 6.42 Å². The average molecular weight is 325 g/mol. The number of ketones is 1. The van der Waals surface area contributed by atoms with Crippen molar-refractivity contribution >= 4 is 23.8 Å². The molecule has 0 bridgehead atoms. The Morgan fingerprint density at radius 3 is 2.71 bits per heavy atom. The molecule has 0 atom stereocenters. The van der Waals surface area contributed by atoms with Crippen molar-refractivity contribution in [2.24, 2.45) is 0 Å². The Kier molecular flexibility index (Phi) is 5.44. The molecule has 7 nitrogen and oxygen atoms in total. The summed E-state index contributed by atoms with van der Waals surface area (Å²) in [5.41, 5.74) is 10.8. The van der Waals surface area contributed by atoms with Gasteiger partial charge < -0.3 is 15.4 Å². The molecule has 0 spiro atoms.